The number of para-hydroxylation sites is 1. The van der Waals surface area contributed by atoms with Crippen molar-refractivity contribution in [3.05, 3.63) is 95.5 Å². The number of carbonyl (C=O) groups is 1. The molecule has 1 N–H and O–H groups in total. The van der Waals surface area contributed by atoms with Crippen LogP contribution in [0.15, 0.2) is 78.9 Å². The van der Waals surface area contributed by atoms with Crippen molar-refractivity contribution in [1.29, 1.82) is 0 Å². The van der Waals surface area contributed by atoms with E-state index >= 15 is 0 Å². The number of carbonyl (C=O) groups excluding carboxylic acids is 1. The van der Waals surface area contributed by atoms with Gasteiger partial charge in [0.1, 0.15) is 5.82 Å². The minimum absolute atomic E-state index is 0.0110. The van der Waals surface area contributed by atoms with Gasteiger partial charge in [-0.3, -0.25) is 4.79 Å². The highest BCUT2D eigenvalue weighted by atomic mass is 35.5. The number of nitrogens with one attached hydrogen (secondary N) is 1. The zero-order valence-electron chi connectivity index (χ0n) is 14.5. The molecule has 28 heavy (non-hydrogen) atoms. The number of hydrogen-bond acceptors (Lipinski definition) is 3. The van der Waals surface area contributed by atoms with E-state index in [0.29, 0.717) is 22.1 Å². The van der Waals surface area contributed by atoms with E-state index in [-0.39, 0.29) is 11.6 Å². The summed E-state index contributed by atoms with van der Waals surface area (Å²) in [5.41, 5.74) is 1.91. The van der Waals surface area contributed by atoms with Crippen molar-refractivity contribution >= 4 is 23.2 Å². The lowest BCUT2D eigenvalue weighted by atomic mass is 10.2. The minimum atomic E-state index is -0.472. The Kier molecular flexibility index (Phi) is 4.87. The normalized spacial score (nSPS) is 10.6. The van der Waals surface area contributed by atoms with Crippen LogP contribution in [0, 0.1) is 5.82 Å². The van der Waals surface area contributed by atoms with E-state index < -0.39 is 5.91 Å². The third kappa shape index (κ3) is 3.77. The van der Waals surface area contributed by atoms with Crippen LogP contribution in [0.25, 0.3) is 17.1 Å². The molecular formula is C21H14ClFN4O. The van der Waals surface area contributed by atoms with E-state index in [2.05, 4.69) is 15.4 Å². The van der Waals surface area contributed by atoms with Crippen molar-refractivity contribution in [2.45, 2.75) is 0 Å². The fourth-order valence-corrected chi connectivity index (χ4v) is 2.89. The summed E-state index contributed by atoms with van der Waals surface area (Å²) in [6, 6.07) is 22.0. The first-order valence-corrected chi connectivity index (χ1v) is 8.83. The Bertz CT molecular complexity index is 1130. The number of aromatic nitrogens is 3. The maximum Gasteiger partial charge on any atom is 0.295 e. The van der Waals surface area contributed by atoms with Gasteiger partial charge < -0.3 is 5.32 Å². The highest BCUT2D eigenvalue weighted by Gasteiger charge is 2.19. The second-order valence-electron chi connectivity index (χ2n) is 5.98. The lowest BCUT2D eigenvalue weighted by molar-refractivity contribution is 0.101. The highest BCUT2D eigenvalue weighted by molar-refractivity contribution is 6.30. The van der Waals surface area contributed by atoms with Gasteiger partial charge in [0.15, 0.2) is 5.82 Å². The molecule has 0 aliphatic rings. The quantitative estimate of drug-likeness (QED) is 0.533. The van der Waals surface area contributed by atoms with Gasteiger partial charge in [0.05, 0.1) is 5.69 Å². The van der Waals surface area contributed by atoms with Crippen molar-refractivity contribution in [3.63, 3.8) is 0 Å². The molecule has 0 radical (unpaired) electrons. The second kappa shape index (κ2) is 7.62. The molecule has 0 atom stereocenters. The second-order valence-corrected chi connectivity index (χ2v) is 6.41. The Hall–Kier alpha value is -3.51. The van der Waals surface area contributed by atoms with E-state index in [1.54, 1.807) is 41.1 Å². The number of anilines is 1. The van der Waals surface area contributed by atoms with Crippen LogP contribution in [0.2, 0.25) is 5.02 Å². The first kappa shape index (κ1) is 17.9. The Balaban J connectivity index is 1.74. The van der Waals surface area contributed by atoms with Gasteiger partial charge in [0.25, 0.3) is 5.91 Å². The van der Waals surface area contributed by atoms with E-state index in [4.69, 9.17) is 11.6 Å². The van der Waals surface area contributed by atoms with Gasteiger partial charge in [0, 0.05) is 16.3 Å². The summed E-state index contributed by atoms with van der Waals surface area (Å²) in [5, 5.41) is 7.60. The average molecular weight is 393 g/mol. The molecule has 7 heteroatoms. The molecule has 0 saturated heterocycles. The van der Waals surface area contributed by atoms with Crippen molar-refractivity contribution < 1.29 is 9.18 Å². The summed E-state index contributed by atoms with van der Waals surface area (Å²) in [6.45, 7) is 0. The summed E-state index contributed by atoms with van der Waals surface area (Å²) in [4.78, 5) is 17.0. The van der Waals surface area contributed by atoms with Gasteiger partial charge >= 0.3 is 0 Å². The van der Waals surface area contributed by atoms with Crippen LogP contribution in [0.4, 0.5) is 10.1 Å². The van der Waals surface area contributed by atoms with E-state index in [1.807, 2.05) is 30.3 Å². The van der Waals surface area contributed by atoms with Gasteiger partial charge in [0.2, 0.25) is 5.82 Å². The Morgan fingerprint density at radius 1 is 0.964 bits per heavy atom. The molecule has 0 unspecified atom stereocenters. The predicted octanol–water partition coefficient (Wildman–Crippen LogP) is 4.98. The van der Waals surface area contributed by atoms with Crippen LogP contribution in [-0.2, 0) is 0 Å². The molecule has 1 aromatic heterocycles. The molecule has 0 aliphatic carbocycles. The molecule has 0 fully saturated rings. The fourth-order valence-electron chi connectivity index (χ4n) is 2.70. The average Bonchev–Trinajstić information content (AvgIpc) is 3.15. The number of nitrogens with zero attached hydrogens (tertiary/aromatic N) is 3. The van der Waals surface area contributed by atoms with Gasteiger partial charge in [-0.2, -0.15) is 0 Å². The molecule has 0 aliphatic heterocycles. The first-order chi connectivity index (χ1) is 13.6. The van der Waals surface area contributed by atoms with Crippen LogP contribution >= 0.6 is 11.6 Å². The number of halogens is 2. The first-order valence-electron chi connectivity index (χ1n) is 8.45. The minimum Gasteiger partial charge on any atom is -0.319 e. The van der Waals surface area contributed by atoms with Crippen LogP contribution in [0.5, 0.6) is 0 Å². The summed E-state index contributed by atoms with van der Waals surface area (Å²) in [6.07, 6.45) is 0. The standard InChI is InChI=1S/C21H14ClFN4O/c22-15-5-4-6-17(13-15)24-21(28)19-25-20(14-9-11-16(23)12-10-14)27(26-19)18-7-2-1-3-8-18/h1-13H,(H,24,28). The molecule has 4 aromatic rings. The summed E-state index contributed by atoms with van der Waals surface area (Å²) < 4.78 is 14.9. The lowest BCUT2D eigenvalue weighted by Gasteiger charge is -2.05. The number of benzene rings is 3. The molecule has 0 bridgehead atoms. The van der Waals surface area contributed by atoms with Crippen molar-refractivity contribution in [1.82, 2.24) is 14.8 Å². The molecule has 4 rings (SSSR count). The number of rotatable bonds is 4. The van der Waals surface area contributed by atoms with E-state index in [9.17, 15) is 9.18 Å². The maximum atomic E-state index is 13.3. The molecule has 0 saturated carbocycles. The molecule has 138 valence electrons. The van der Waals surface area contributed by atoms with Gasteiger partial charge in [-0.1, -0.05) is 35.9 Å². The van der Waals surface area contributed by atoms with Crippen molar-refractivity contribution in [2.24, 2.45) is 0 Å². The summed E-state index contributed by atoms with van der Waals surface area (Å²) >= 11 is 5.96. The topological polar surface area (TPSA) is 59.8 Å². The van der Waals surface area contributed by atoms with Crippen LogP contribution in [0.1, 0.15) is 10.6 Å². The zero-order chi connectivity index (χ0) is 19.5. The predicted molar refractivity (Wildman–Crippen MR) is 106 cm³/mol. The van der Waals surface area contributed by atoms with Crippen molar-refractivity contribution in [2.75, 3.05) is 5.32 Å². The molecule has 1 amide bonds. The van der Waals surface area contributed by atoms with Crippen LogP contribution in [0.3, 0.4) is 0 Å². The highest BCUT2D eigenvalue weighted by Crippen LogP contribution is 2.22. The Morgan fingerprint density at radius 3 is 2.43 bits per heavy atom. The van der Waals surface area contributed by atoms with Gasteiger partial charge in [-0.15, -0.1) is 5.10 Å². The smallest absolute Gasteiger partial charge is 0.295 e. The van der Waals surface area contributed by atoms with E-state index in [1.165, 1.54) is 12.1 Å². The number of hydrogen-bond donors (Lipinski definition) is 1. The van der Waals surface area contributed by atoms with Crippen LogP contribution in [-0.4, -0.2) is 20.7 Å². The Morgan fingerprint density at radius 2 is 1.71 bits per heavy atom. The van der Waals surface area contributed by atoms with Crippen LogP contribution < -0.4 is 5.32 Å². The Labute approximate surface area is 165 Å². The summed E-state index contributed by atoms with van der Waals surface area (Å²) in [7, 11) is 0. The molecule has 5 nitrogen and oxygen atoms in total. The monoisotopic (exact) mass is 392 g/mol. The SMILES string of the molecule is O=C(Nc1cccc(Cl)c1)c1nc(-c2ccc(F)cc2)n(-c2ccccc2)n1. The van der Waals surface area contributed by atoms with E-state index in [0.717, 1.165) is 5.69 Å². The maximum absolute atomic E-state index is 13.3. The lowest BCUT2D eigenvalue weighted by Crippen LogP contribution is -2.14. The number of amides is 1. The molecule has 1 heterocycles. The molecular weight excluding hydrogens is 379 g/mol. The molecule has 0 spiro atoms. The fraction of sp³-hybridized carbons (Fsp3) is 0. The molecule has 3 aromatic carbocycles. The van der Waals surface area contributed by atoms with Crippen molar-refractivity contribution in [3.8, 4) is 17.1 Å². The largest absolute Gasteiger partial charge is 0.319 e. The summed E-state index contributed by atoms with van der Waals surface area (Å²) in [5.74, 6) is -0.403. The third-order valence-electron chi connectivity index (χ3n) is 4.00. The third-order valence-corrected chi connectivity index (χ3v) is 4.23. The van der Waals surface area contributed by atoms with Gasteiger partial charge in [-0.25, -0.2) is 14.1 Å². The van der Waals surface area contributed by atoms with Gasteiger partial charge in [-0.05, 0) is 54.6 Å². The zero-order valence-corrected chi connectivity index (χ0v) is 15.3.